The molecule has 2 heterocycles. The van der Waals surface area contributed by atoms with Gasteiger partial charge in [0.1, 0.15) is 6.10 Å². The molecular formula is C10H11BrN2OS. The van der Waals surface area contributed by atoms with Crippen LogP contribution in [0.2, 0.25) is 0 Å². The first-order chi connectivity index (χ1) is 7.08. The molecule has 2 aromatic heterocycles. The molecule has 15 heavy (non-hydrogen) atoms. The van der Waals surface area contributed by atoms with E-state index >= 15 is 0 Å². The number of hydrogen-bond donors (Lipinski definition) is 1. The second kappa shape index (κ2) is 4.08. The summed E-state index contributed by atoms with van der Waals surface area (Å²) in [6.45, 7) is 2.02. The zero-order chi connectivity index (χ0) is 11.0. The summed E-state index contributed by atoms with van der Waals surface area (Å²) >= 11 is 5.02. The molecule has 2 rings (SSSR count). The minimum atomic E-state index is -0.624. The third kappa shape index (κ3) is 2.14. The van der Waals surface area contributed by atoms with Gasteiger partial charge < -0.3 is 5.11 Å². The van der Waals surface area contributed by atoms with Crippen LogP contribution in [0, 0.1) is 6.92 Å². The quantitative estimate of drug-likeness (QED) is 0.922. The lowest BCUT2D eigenvalue weighted by Crippen LogP contribution is -1.99. The van der Waals surface area contributed by atoms with Crippen LogP contribution in [-0.4, -0.2) is 14.9 Å². The summed E-state index contributed by atoms with van der Waals surface area (Å²) in [7, 11) is 1.84. The van der Waals surface area contributed by atoms with Crippen molar-refractivity contribution in [2.75, 3.05) is 0 Å². The van der Waals surface area contributed by atoms with E-state index in [0.29, 0.717) is 5.69 Å². The number of hydrogen-bond acceptors (Lipinski definition) is 3. The Hall–Kier alpha value is -0.650. The first kappa shape index (κ1) is 10.9. The van der Waals surface area contributed by atoms with Crippen molar-refractivity contribution in [1.29, 1.82) is 0 Å². The van der Waals surface area contributed by atoms with Gasteiger partial charge in [-0.1, -0.05) is 0 Å². The molecule has 0 aromatic carbocycles. The van der Waals surface area contributed by atoms with Crippen molar-refractivity contribution in [3.05, 3.63) is 38.3 Å². The zero-order valence-corrected chi connectivity index (χ0v) is 10.8. The number of aryl methyl sites for hydroxylation is 2. The highest BCUT2D eigenvalue weighted by Crippen LogP contribution is 2.32. The van der Waals surface area contributed by atoms with Gasteiger partial charge in [-0.25, -0.2) is 0 Å². The van der Waals surface area contributed by atoms with E-state index < -0.39 is 6.10 Å². The monoisotopic (exact) mass is 286 g/mol. The average molecular weight is 287 g/mol. The Kier molecular flexibility index (Phi) is 2.95. The van der Waals surface area contributed by atoms with Crippen LogP contribution >= 0.6 is 27.3 Å². The maximum atomic E-state index is 10.1. The lowest BCUT2D eigenvalue weighted by atomic mass is 10.2. The van der Waals surface area contributed by atoms with E-state index in [2.05, 4.69) is 21.0 Å². The van der Waals surface area contributed by atoms with Gasteiger partial charge >= 0.3 is 0 Å². The van der Waals surface area contributed by atoms with Crippen molar-refractivity contribution >= 4 is 27.3 Å². The van der Waals surface area contributed by atoms with Crippen molar-refractivity contribution in [1.82, 2.24) is 9.78 Å². The van der Waals surface area contributed by atoms with Gasteiger partial charge in [-0.05, 0) is 35.0 Å². The Balaban J connectivity index is 2.31. The second-order valence-corrected chi connectivity index (χ2v) is 5.51. The molecule has 0 amide bonds. The molecule has 5 heteroatoms. The summed E-state index contributed by atoms with van der Waals surface area (Å²) in [5.74, 6) is 0. The average Bonchev–Trinajstić information content (AvgIpc) is 2.74. The van der Waals surface area contributed by atoms with Crippen LogP contribution in [0.15, 0.2) is 22.8 Å². The SMILES string of the molecule is Cc1sc(C(O)c2ccn(C)n2)cc1Br. The zero-order valence-electron chi connectivity index (χ0n) is 8.44. The van der Waals surface area contributed by atoms with Gasteiger partial charge in [0.15, 0.2) is 0 Å². The number of nitrogens with zero attached hydrogens (tertiary/aromatic N) is 2. The van der Waals surface area contributed by atoms with Crippen LogP contribution in [0.4, 0.5) is 0 Å². The fourth-order valence-electron chi connectivity index (χ4n) is 1.34. The highest BCUT2D eigenvalue weighted by molar-refractivity contribution is 9.10. The normalized spacial score (nSPS) is 13.1. The molecular weight excluding hydrogens is 276 g/mol. The van der Waals surface area contributed by atoms with E-state index in [1.54, 1.807) is 16.0 Å². The van der Waals surface area contributed by atoms with Gasteiger partial charge in [0, 0.05) is 27.5 Å². The molecule has 0 aliphatic heterocycles. The molecule has 1 unspecified atom stereocenters. The highest BCUT2D eigenvalue weighted by Gasteiger charge is 2.16. The lowest BCUT2D eigenvalue weighted by Gasteiger charge is -2.03. The third-order valence-corrected chi connectivity index (χ3v) is 4.35. The molecule has 0 radical (unpaired) electrons. The smallest absolute Gasteiger partial charge is 0.132 e. The fourth-order valence-corrected chi connectivity index (χ4v) is 2.90. The summed E-state index contributed by atoms with van der Waals surface area (Å²) < 4.78 is 2.73. The first-order valence-corrected chi connectivity index (χ1v) is 6.12. The predicted molar refractivity (Wildman–Crippen MR) is 64.0 cm³/mol. The second-order valence-electron chi connectivity index (χ2n) is 3.37. The maximum Gasteiger partial charge on any atom is 0.132 e. The van der Waals surface area contributed by atoms with Crippen molar-refractivity contribution in [2.45, 2.75) is 13.0 Å². The minimum Gasteiger partial charge on any atom is -0.381 e. The van der Waals surface area contributed by atoms with E-state index in [4.69, 9.17) is 0 Å². The van der Waals surface area contributed by atoms with Crippen LogP contribution < -0.4 is 0 Å². The summed E-state index contributed by atoms with van der Waals surface area (Å²) in [5, 5.41) is 14.2. The standard InChI is InChI=1S/C10H11BrN2OS/c1-6-7(11)5-9(15-6)10(14)8-3-4-13(2)12-8/h3-5,10,14H,1-2H3. The van der Waals surface area contributed by atoms with Crippen LogP contribution in [0.25, 0.3) is 0 Å². The first-order valence-electron chi connectivity index (χ1n) is 4.51. The fraction of sp³-hybridized carbons (Fsp3) is 0.300. The van der Waals surface area contributed by atoms with Crippen LogP contribution in [0.5, 0.6) is 0 Å². The number of halogens is 1. The van der Waals surface area contributed by atoms with Crippen molar-refractivity contribution < 1.29 is 5.11 Å². The maximum absolute atomic E-state index is 10.1. The third-order valence-electron chi connectivity index (χ3n) is 2.16. The topological polar surface area (TPSA) is 38.0 Å². The van der Waals surface area contributed by atoms with Crippen LogP contribution in [-0.2, 0) is 7.05 Å². The van der Waals surface area contributed by atoms with Gasteiger partial charge in [-0.2, -0.15) is 5.10 Å². The van der Waals surface area contributed by atoms with Crippen molar-refractivity contribution in [3.63, 3.8) is 0 Å². The molecule has 1 N–H and O–H groups in total. The molecule has 0 bridgehead atoms. The Morgan fingerprint density at radius 1 is 1.60 bits per heavy atom. The van der Waals surface area contributed by atoms with E-state index in [1.165, 1.54) is 4.88 Å². The molecule has 0 spiro atoms. The molecule has 0 fully saturated rings. The van der Waals surface area contributed by atoms with E-state index in [-0.39, 0.29) is 0 Å². The van der Waals surface area contributed by atoms with Gasteiger partial charge in [0.25, 0.3) is 0 Å². The summed E-state index contributed by atoms with van der Waals surface area (Å²) in [5.41, 5.74) is 0.686. The number of aliphatic hydroxyl groups is 1. The lowest BCUT2D eigenvalue weighted by molar-refractivity contribution is 0.218. The molecule has 2 aromatic rings. The predicted octanol–water partition coefficient (Wildman–Crippen LogP) is 2.63. The molecule has 0 saturated carbocycles. The Morgan fingerprint density at radius 2 is 2.33 bits per heavy atom. The molecule has 0 aliphatic rings. The van der Waals surface area contributed by atoms with Gasteiger partial charge in [0.2, 0.25) is 0 Å². The number of thiophene rings is 1. The minimum absolute atomic E-state index is 0.624. The van der Waals surface area contributed by atoms with E-state index in [9.17, 15) is 5.11 Å². The molecule has 0 saturated heterocycles. The Bertz CT molecular complexity index is 458. The number of aromatic nitrogens is 2. The number of rotatable bonds is 2. The largest absolute Gasteiger partial charge is 0.381 e. The van der Waals surface area contributed by atoms with Gasteiger partial charge in [-0.15, -0.1) is 11.3 Å². The highest BCUT2D eigenvalue weighted by atomic mass is 79.9. The van der Waals surface area contributed by atoms with Gasteiger partial charge in [-0.3, -0.25) is 4.68 Å². The molecule has 3 nitrogen and oxygen atoms in total. The van der Waals surface area contributed by atoms with Crippen molar-refractivity contribution in [3.8, 4) is 0 Å². The summed E-state index contributed by atoms with van der Waals surface area (Å²) in [6, 6.07) is 3.77. The Morgan fingerprint density at radius 3 is 2.80 bits per heavy atom. The van der Waals surface area contributed by atoms with Crippen molar-refractivity contribution in [2.24, 2.45) is 7.05 Å². The van der Waals surface area contributed by atoms with Crippen LogP contribution in [0.3, 0.4) is 0 Å². The van der Waals surface area contributed by atoms with E-state index in [1.807, 2.05) is 32.3 Å². The summed E-state index contributed by atoms with van der Waals surface area (Å²) in [4.78, 5) is 2.08. The molecule has 1 atom stereocenters. The molecule has 80 valence electrons. The summed E-state index contributed by atoms with van der Waals surface area (Å²) in [6.07, 6.45) is 1.20. The Labute approximate surface area is 100 Å². The van der Waals surface area contributed by atoms with E-state index in [0.717, 1.165) is 9.35 Å². The number of aliphatic hydroxyl groups excluding tert-OH is 1. The van der Waals surface area contributed by atoms with Crippen LogP contribution in [0.1, 0.15) is 21.6 Å². The van der Waals surface area contributed by atoms with Gasteiger partial charge in [0.05, 0.1) is 5.69 Å². The molecule has 0 aliphatic carbocycles.